The lowest BCUT2D eigenvalue weighted by molar-refractivity contribution is -1.02. The first-order chi connectivity index (χ1) is 12.5. The van der Waals surface area contributed by atoms with Gasteiger partial charge in [-0.1, -0.05) is 12.2 Å². The summed E-state index contributed by atoms with van der Waals surface area (Å²) in [6, 6.07) is 2.27. The molecule has 2 rings (SSSR count). The van der Waals surface area contributed by atoms with Crippen molar-refractivity contribution in [3.05, 3.63) is 27.0 Å². The largest absolute Gasteiger partial charge is 0.347 e. The second-order valence-corrected chi connectivity index (χ2v) is 9.08. The van der Waals surface area contributed by atoms with Crippen LogP contribution in [0.5, 0.6) is 0 Å². The van der Waals surface area contributed by atoms with Crippen molar-refractivity contribution in [3.8, 4) is 6.07 Å². The Labute approximate surface area is 167 Å². The van der Waals surface area contributed by atoms with E-state index in [0.29, 0.717) is 16.7 Å². The lowest BCUT2D eigenvalue weighted by Crippen LogP contribution is -3.28. The van der Waals surface area contributed by atoms with Gasteiger partial charge < -0.3 is 15.1 Å². The number of nitrogens with one attached hydrogen (secondary N) is 3. The minimum Gasteiger partial charge on any atom is -0.347 e. The van der Waals surface area contributed by atoms with Gasteiger partial charge in [0.05, 0.1) is 5.56 Å². The smallest absolute Gasteiger partial charge is 0.275 e. The molecule has 1 aliphatic rings. The van der Waals surface area contributed by atoms with Gasteiger partial charge in [-0.15, -0.1) is 0 Å². The molecule has 1 fully saturated rings. The highest BCUT2D eigenvalue weighted by Gasteiger charge is 2.27. The predicted molar refractivity (Wildman–Crippen MR) is 108 cm³/mol. The van der Waals surface area contributed by atoms with Crippen LogP contribution in [0.3, 0.4) is 0 Å². The fourth-order valence-electron chi connectivity index (χ4n) is 3.64. The Hall–Kier alpha value is -1.75. The van der Waals surface area contributed by atoms with Crippen LogP contribution in [0.1, 0.15) is 43.2 Å². The van der Waals surface area contributed by atoms with Crippen LogP contribution < -0.4 is 15.1 Å². The molecule has 0 atom stereocenters. The van der Waals surface area contributed by atoms with Crippen LogP contribution in [0, 0.1) is 36.7 Å². The summed E-state index contributed by atoms with van der Waals surface area (Å²) in [5.41, 5.74) is 3.71. The van der Waals surface area contributed by atoms with Crippen LogP contribution in [0.2, 0.25) is 0 Å². The first kappa shape index (κ1) is 21.5. The van der Waals surface area contributed by atoms with E-state index in [1.54, 1.807) is 0 Å². The van der Waals surface area contributed by atoms with Crippen molar-refractivity contribution in [3.63, 3.8) is 0 Å². The number of hydrogen-bond acceptors (Lipinski definition) is 3. The highest BCUT2D eigenvalue weighted by Crippen LogP contribution is 2.18. The Kier molecular flexibility index (Phi) is 6.79. The van der Waals surface area contributed by atoms with Crippen molar-refractivity contribution in [2.45, 2.75) is 53.8 Å². The second-order valence-electron chi connectivity index (χ2n) is 8.69. The Bertz CT molecular complexity index is 808. The number of pyridine rings is 1. The van der Waals surface area contributed by atoms with Gasteiger partial charge in [-0.2, -0.15) is 5.26 Å². The van der Waals surface area contributed by atoms with Gasteiger partial charge in [-0.25, -0.2) is 0 Å². The fourth-order valence-corrected chi connectivity index (χ4v) is 4.04. The van der Waals surface area contributed by atoms with Crippen LogP contribution in [0.25, 0.3) is 0 Å². The second kappa shape index (κ2) is 8.51. The number of amides is 1. The molecule has 1 aromatic heterocycles. The van der Waals surface area contributed by atoms with Crippen LogP contribution >= 0.6 is 12.2 Å². The van der Waals surface area contributed by atoms with Crippen molar-refractivity contribution >= 4 is 18.1 Å². The molecule has 0 bridgehead atoms. The van der Waals surface area contributed by atoms with Gasteiger partial charge in [0, 0.05) is 11.2 Å². The number of quaternary nitrogens is 2. The molecule has 27 heavy (non-hydrogen) atoms. The third kappa shape index (κ3) is 5.38. The van der Waals surface area contributed by atoms with Crippen molar-refractivity contribution in [1.29, 1.82) is 5.26 Å². The SMILES string of the molecule is Cc1c(C)c(C)n(C[NH+]2CC[NH+](CC(=O)NC(C)(C)C)CC2)c(=S)c1C#N. The van der Waals surface area contributed by atoms with Gasteiger partial charge in [0.1, 0.15) is 36.9 Å². The molecule has 6 nitrogen and oxygen atoms in total. The van der Waals surface area contributed by atoms with Gasteiger partial charge >= 0.3 is 0 Å². The summed E-state index contributed by atoms with van der Waals surface area (Å²) >= 11 is 5.59. The number of piperazine rings is 1. The van der Waals surface area contributed by atoms with Gasteiger partial charge in [0.2, 0.25) is 0 Å². The number of nitrogens with zero attached hydrogens (tertiary/aromatic N) is 2. The summed E-state index contributed by atoms with van der Waals surface area (Å²) in [7, 11) is 0. The zero-order valence-electron chi connectivity index (χ0n) is 17.5. The standard InChI is InChI=1S/C20H31N5OS/c1-14-15(2)17(11-21)19(27)25(16(14)3)13-24-9-7-23(8-10-24)12-18(26)22-20(4,5)6/h7-10,12-13H2,1-6H3,(H,22,26)/p+2. The van der Waals surface area contributed by atoms with Crippen molar-refractivity contribution in [2.75, 3.05) is 32.7 Å². The number of hydrogen-bond donors (Lipinski definition) is 3. The number of carbonyl (C=O) groups is 1. The molecule has 0 saturated carbocycles. The van der Waals surface area contributed by atoms with Gasteiger partial charge in [0.15, 0.2) is 13.2 Å². The van der Waals surface area contributed by atoms with E-state index in [-0.39, 0.29) is 11.4 Å². The van der Waals surface area contributed by atoms with Crippen LogP contribution in [-0.4, -0.2) is 48.7 Å². The molecule has 1 amide bonds. The molecule has 1 saturated heterocycles. The number of aromatic nitrogens is 1. The molecular weight excluding hydrogens is 358 g/mol. The van der Waals surface area contributed by atoms with Gasteiger partial charge in [-0.3, -0.25) is 9.36 Å². The Morgan fingerprint density at radius 2 is 1.70 bits per heavy atom. The molecule has 1 aliphatic heterocycles. The third-order valence-electron chi connectivity index (χ3n) is 5.43. The highest BCUT2D eigenvalue weighted by molar-refractivity contribution is 7.71. The molecule has 148 valence electrons. The summed E-state index contributed by atoms with van der Waals surface area (Å²) in [6.07, 6.45) is 0. The quantitative estimate of drug-likeness (QED) is 0.616. The Morgan fingerprint density at radius 1 is 1.15 bits per heavy atom. The van der Waals surface area contributed by atoms with Gasteiger partial charge in [-0.05, 0) is 52.7 Å². The van der Waals surface area contributed by atoms with Crippen LogP contribution in [0.4, 0.5) is 0 Å². The average Bonchev–Trinajstić information content (AvgIpc) is 2.57. The lowest BCUT2D eigenvalue weighted by Gasteiger charge is -2.31. The maximum Gasteiger partial charge on any atom is 0.275 e. The summed E-state index contributed by atoms with van der Waals surface area (Å²) in [6.45, 7) is 17.4. The summed E-state index contributed by atoms with van der Waals surface area (Å²) in [5.74, 6) is 0.117. The third-order valence-corrected chi connectivity index (χ3v) is 5.85. The molecule has 0 aromatic carbocycles. The number of rotatable bonds is 4. The summed E-state index contributed by atoms with van der Waals surface area (Å²) in [4.78, 5) is 14.9. The van der Waals surface area contributed by atoms with Crippen LogP contribution in [0.15, 0.2) is 0 Å². The van der Waals surface area contributed by atoms with E-state index in [0.717, 1.165) is 49.7 Å². The molecule has 0 aliphatic carbocycles. The zero-order valence-corrected chi connectivity index (χ0v) is 18.3. The zero-order chi connectivity index (χ0) is 20.4. The Morgan fingerprint density at radius 3 is 2.22 bits per heavy atom. The number of carbonyl (C=O) groups excluding carboxylic acids is 1. The lowest BCUT2D eigenvalue weighted by atomic mass is 10.0. The maximum atomic E-state index is 12.1. The Balaban J connectivity index is 2.01. The average molecular weight is 392 g/mol. The highest BCUT2D eigenvalue weighted by atomic mass is 32.1. The molecule has 2 heterocycles. The summed E-state index contributed by atoms with van der Waals surface area (Å²) in [5, 5.41) is 12.5. The predicted octanol–water partition coefficient (Wildman–Crippen LogP) is -0.330. The monoisotopic (exact) mass is 391 g/mol. The number of nitriles is 1. The van der Waals surface area contributed by atoms with Crippen molar-refractivity contribution in [1.82, 2.24) is 9.88 Å². The minimum atomic E-state index is -0.181. The van der Waals surface area contributed by atoms with E-state index in [1.165, 1.54) is 9.80 Å². The van der Waals surface area contributed by atoms with E-state index in [9.17, 15) is 10.1 Å². The minimum absolute atomic E-state index is 0.117. The van der Waals surface area contributed by atoms with E-state index in [2.05, 4.69) is 29.8 Å². The van der Waals surface area contributed by atoms with E-state index in [1.807, 2.05) is 27.7 Å². The van der Waals surface area contributed by atoms with E-state index in [4.69, 9.17) is 12.2 Å². The topological polar surface area (TPSA) is 66.7 Å². The van der Waals surface area contributed by atoms with Crippen molar-refractivity contribution < 1.29 is 14.6 Å². The fraction of sp³-hybridized carbons (Fsp3) is 0.650. The van der Waals surface area contributed by atoms with E-state index >= 15 is 0 Å². The maximum absolute atomic E-state index is 12.1. The summed E-state index contributed by atoms with van der Waals surface area (Å²) < 4.78 is 2.76. The van der Waals surface area contributed by atoms with Gasteiger partial charge in [0.25, 0.3) is 5.91 Å². The molecule has 3 N–H and O–H groups in total. The first-order valence-electron chi connectivity index (χ1n) is 9.62. The molecule has 0 spiro atoms. The molecule has 0 unspecified atom stereocenters. The molecular formula is C20H33N5OS+2. The van der Waals surface area contributed by atoms with Crippen LogP contribution in [-0.2, 0) is 11.5 Å². The normalized spacial score (nSPS) is 20.2. The first-order valence-corrected chi connectivity index (χ1v) is 10.0. The van der Waals surface area contributed by atoms with E-state index < -0.39 is 0 Å². The molecule has 0 radical (unpaired) electrons. The molecule has 1 aromatic rings. The van der Waals surface area contributed by atoms with Crippen molar-refractivity contribution in [2.24, 2.45) is 0 Å². The molecule has 7 heteroatoms.